The highest BCUT2D eigenvalue weighted by Crippen LogP contribution is 2.32. The standard InChI is InChI=1S/C19H22N2O4S/c1-14-7-11-16(12-8-14)26(23,24)21(13-19(22)20-15-9-10-15)17-5-3-4-6-18(17)25-2/h3-8,11-12,15H,9-10,13H2,1-2H3,(H,20,22). The van der Waals surface area contributed by atoms with Gasteiger partial charge in [-0.3, -0.25) is 9.10 Å². The molecule has 0 radical (unpaired) electrons. The molecule has 1 fully saturated rings. The number of para-hydroxylation sites is 2. The summed E-state index contributed by atoms with van der Waals surface area (Å²) in [7, 11) is -2.45. The summed E-state index contributed by atoms with van der Waals surface area (Å²) in [6.45, 7) is 1.59. The fourth-order valence-electron chi connectivity index (χ4n) is 2.60. The van der Waals surface area contributed by atoms with Crippen LogP contribution < -0.4 is 14.4 Å². The summed E-state index contributed by atoms with van der Waals surface area (Å²) in [5.74, 6) is 0.0662. The SMILES string of the molecule is COc1ccccc1N(CC(=O)NC1CC1)S(=O)(=O)c1ccc(C)cc1. The van der Waals surface area contributed by atoms with Gasteiger partial charge in [0.25, 0.3) is 10.0 Å². The van der Waals surface area contributed by atoms with Gasteiger partial charge in [0, 0.05) is 6.04 Å². The molecule has 0 heterocycles. The van der Waals surface area contributed by atoms with Crippen molar-refractivity contribution in [2.45, 2.75) is 30.7 Å². The Balaban J connectivity index is 2.01. The van der Waals surface area contributed by atoms with Crippen molar-refractivity contribution in [2.24, 2.45) is 0 Å². The molecule has 0 aromatic heterocycles. The average molecular weight is 374 g/mol. The van der Waals surface area contributed by atoms with Crippen molar-refractivity contribution in [2.75, 3.05) is 18.0 Å². The molecule has 0 aliphatic heterocycles. The van der Waals surface area contributed by atoms with E-state index in [0.717, 1.165) is 22.7 Å². The molecule has 0 saturated heterocycles. The predicted octanol–water partition coefficient (Wildman–Crippen LogP) is 2.48. The van der Waals surface area contributed by atoms with E-state index in [1.807, 2.05) is 6.92 Å². The number of rotatable bonds is 7. The monoisotopic (exact) mass is 374 g/mol. The maximum Gasteiger partial charge on any atom is 0.264 e. The minimum Gasteiger partial charge on any atom is -0.495 e. The number of anilines is 1. The van der Waals surface area contributed by atoms with Gasteiger partial charge in [-0.1, -0.05) is 29.8 Å². The van der Waals surface area contributed by atoms with Crippen molar-refractivity contribution < 1.29 is 17.9 Å². The third-order valence-electron chi connectivity index (χ3n) is 4.19. The summed E-state index contributed by atoms with van der Waals surface area (Å²) < 4.78 is 32.9. The number of aryl methyl sites for hydroxylation is 1. The number of methoxy groups -OCH3 is 1. The number of hydrogen-bond donors (Lipinski definition) is 1. The summed E-state index contributed by atoms with van der Waals surface area (Å²) >= 11 is 0. The highest BCUT2D eigenvalue weighted by Gasteiger charge is 2.31. The van der Waals surface area contributed by atoms with Crippen molar-refractivity contribution in [1.82, 2.24) is 5.32 Å². The fraction of sp³-hybridized carbons (Fsp3) is 0.316. The molecule has 0 atom stereocenters. The number of nitrogens with zero attached hydrogens (tertiary/aromatic N) is 1. The third kappa shape index (κ3) is 3.99. The van der Waals surface area contributed by atoms with Gasteiger partial charge in [0.05, 0.1) is 17.7 Å². The molecule has 26 heavy (non-hydrogen) atoms. The number of sulfonamides is 1. The van der Waals surface area contributed by atoms with Gasteiger partial charge in [0.15, 0.2) is 0 Å². The highest BCUT2D eigenvalue weighted by atomic mass is 32.2. The number of carbonyl (C=O) groups excluding carboxylic acids is 1. The first-order chi connectivity index (χ1) is 12.4. The summed E-state index contributed by atoms with van der Waals surface area (Å²) in [4.78, 5) is 12.5. The van der Waals surface area contributed by atoms with E-state index >= 15 is 0 Å². The van der Waals surface area contributed by atoms with Crippen LogP contribution >= 0.6 is 0 Å². The zero-order chi connectivity index (χ0) is 18.7. The van der Waals surface area contributed by atoms with E-state index in [-0.39, 0.29) is 23.4 Å². The van der Waals surface area contributed by atoms with Gasteiger partial charge in [0.2, 0.25) is 5.91 Å². The molecule has 1 aliphatic rings. The lowest BCUT2D eigenvalue weighted by Crippen LogP contribution is -2.41. The van der Waals surface area contributed by atoms with Crippen LogP contribution in [0.3, 0.4) is 0 Å². The van der Waals surface area contributed by atoms with E-state index in [9.17, 15) is 13.2 Å². The normalized spacial score (nSPS) is 13.9. The zero-order valence-electron chi connectivity index (χ0n) is 14.8. The van der Waals surface area contributed by atoms with Crippen LogP contribution in [0.25, 0.3) is 0 Å². The van der Waals surface area contributed by atoms with Gasteiger partial charge in [0.1, 0.15) is 12.3 Å². The summed E-state index contributed by atoms with van der Waals surface area (Å²) in [5.41, 5.74) is 1.29. The Morgan fingerprint density at radius 3 is 2.42 bits per heavy atom. The minimum atomic E-state index is -3.92. The summed E-state index contributed by atoms with van der Waals surface area (Å²) in [5, 5.41) is 2.84. The molecule has 1 aliphatic carbocycles. The Labute approximate surface area is 153 Å². The zero-order valence-corrected chi connectivity index (χ0v) is 15.6. The number of hydrogen-bond acceptors (Lipinski definition) is 4. The first-order valence-corrected chi connectivity index (χ1v) is 9.87. The van der Waals surface area contributed by atoms with Crippen molar-refractivity contribution >= 4 is 21.6 Å². The van der Waals surface area contributed by atoms with Gasteiger partial charge in [-0.25, -0.2) is 8.42 Å². The van der Waals surface area contributed by atoms with Crippen LogP contribution in [-0.4, -0.2) is 34.0 Å². The van der Waals surface area contributed by atoms with Crippen LogP contribution in [0.1, 0.15) is 18.4 Å². The maximum atomic E-state index is 13.2. The third-order valence-corrected chi connectivity index (χ3v) is 5.97. The molecule has 0 spiro atoms. The van der Waals surface area contributed by atoms with E-state index in [2.05, 4.69) is 5.32 Å². The first kappa shape index (κ1) is 18.3. The molecule has 138 valence electrons. The van der Waals surface area contributed by atoms with E-state index in [1.54, 1.807) is 48.5 Å². The second kappa shape index (κ2) is 7.37. The molecule has 0 unspecified atom stereocenters. The Kier molecular flexibility index (Phi) is 5.18. The van der Waals surface area contributed by atoms with E-state index in [0.29, 0.717) is 11.4 Å². The predicted molar refractivity (Wildman–Crippen MR) is 99.9 cm³/mol. The molecule has 7 heteroatoms. The van der Waals surface area contributed by atoms with E-state index < -0.39 is 10.0 Å². The van der Waals surface area contributed by atoms with E-state index in [4.69, 9.17) is 4.74 Å². The molecule has 3 rings (SSSR count). The maximum absolute atomic E-state index is 13.2. The van der Waals surface area contributed by atoms with Gasteiger partial charge in [-0.05, 0) is 44.0 Å². The molecule has 1 amide bonds. The Morgan fingerprint density at radius 2 is 1.81 bits per heavy atom. The molecular weight excluding hydrogens is 352 g/mol. The summed E-state index contributed by atoms with van der Waals surface area (Å²) in [6.07, 6.45) is 1.87. The number of nitrogens with one attached hydrogen (secondary N) is 1. The Hall–Kier alpha value is -2.54. The second-order valence-corrected chi connectivity index (χ2v) is 8.20. The largest absolute Gasteiger partial charge is 0.495 e. The molecule has 6 nitrogen and oxygen atoms in total. The number of carbonyl (C=O) groups is 1. The molecule has 1 N–H and O–H groups in total. The van der Waals surface area contributed by atoms with Crippen LogP contribution in [0.15, 0.2) is 53.4 Å². The quantitative estimate of drug-likeness (QED) is 0.808. The average Bonchev–Trinajstić information content (AvgIpc) is 3.44. The molecule has 2 aromatic rings. The second-order valence-electron chi connectivity index (χ2n) is 6.34. The van der Waals surface area contributed by atoms with Crippen LogP contribution in [-0.2, 0) is 14.8 Å². The lowest BCUT2D eigenvalue weighted by atomic mass is 10.2. The van der Waals surface area contributed by atoms with Gasteiger partial charge >= 0.3 is 0 Å². The fourth-order valence-corrected chi connectivity index (χ4v) is 4.04. The number of amides is 1. The summed E-state index contributed by atoms with van der Waals surface area (Å²) in [6, 6.07) is 13.5. The van der Waals surface area contributed by atoms with Crippen molar-refractivity contribution in [3.63, 3.8) is 0 Å². The van der Waals surface area contributed by atoms with Gasteiger partial charge in [-0.15, -0.1) is 0 Å². The lowest BCUT2D eigenvalue weighted by molar-refractivity contribution is -0.119. The van der Waals surface area contributed by atoms with Crippen LogP contribution in [0, 0.1) is 6.92 Å². The van der Waals surface area contributed by atoms with Crippen LogP contribution in [0.2, 0.25) is 0 Å². The smallest absolute Gasteiger partial charge is 0.264 e. The van der Waals surface area contributed by atoms with Gasteiger partial charge < -0.3 is 10.1 Å². The topological polar surface area (TPSA) is 75.7 Å². The van der Waals surface area contributed by atoms with Crippen LogP contribution in [0.5, 0.6) is 5.75 Å². The highest BCUT2D eigenvalue weighted by molar-refractivity contribution is 7.92. The van der Waals surface area contributed by atoms with Crippen LogP contribution in [0.4, 0.5) is 5.69 Å². The van der Waals surface area contributed by atoms with Gasteiger partial charge in [-0.2, -0.15) is 0 Å². The number of ether oxygens (including phenoxy) is 1. The molecule has 1 saturated carbocycles. The molecule has 0 bridgehead atoms. The Morgan fingerprint density at radius 1 is 1.15 bits per heavy atom. The van der Waals surface area contributed by atoms with Crippen molar-refractivity contribution in [3.8, 4) is 5.75 Å². The molecular formula is C19H22N2O4S. The number of benzene rings is 2. The first-order valence-electron chi connectivity index (χ1n) is 8.43. The Bertz CT molecular complexity index is 890. The molecule has 2 aromatic carbocycles. The van der Waals surface area contributed by atoms with E-state index in [1.165, 1.54) is 7.11 Å². The van der Waals surface area contributed by atoms with Crippen molar-refractivity contribution in [1.29, 1.82) is 0 Å². The lowest BCUT2D eigenvalue weighted by Gasteiger charge is -2.25. The minimum absolute atomic E-state index is 0.133. The van der Waals surface area contributed by atoms with Crippen molar-refractivity contribution in [3.05, 3.63) is 54.1 Å².